The lowest BCUT2D eigenvalue weighted by Gasteiger charge is -2.11. The van der Waals surface area contributed by atoms with Gasteiger partial charge in [0.05, 0.1) is 6.61 Å². The number of amides is 3. The Kier molecular flexibility index (Phi) is 6.37. The highest BCUT2D eigenvalue weighted by Crippen LogP contribution is 2.13. The minimum absolute atomic E-state index is 0.172. The number of aromatic nitrogens is 1. The van der Waals surface area contributed by atoms with Crippen molar-refractivity contribution in [2.75, 3.05) is 18.6 Å². The number of aryl methyl sites for hydroxylation is 2. The summed E-state index contributed by atoms with van der Waals surface area (Å²) in [6, 6.07) is 10.1. The Morgan fingerprint density at radius 2 is 1.62 bits per heavy atom. The van der Waals surface area contributed by atoms with Crippen molar-refractivity contribution < 1.29 is 23.9 Å². The molecule has 0 radical (unpaired) electrons. The Morgan fingerprint density at radius 1 is 1.00 bits per heavy atom. The number of ether oxygens (including phenoxy) is 2. The summed E-state index contributed by atoms with van der Waals surface area (Å²) in [5.74, 6) is -0.489. The van der Waals surface area contributed by atoms with Crippen LogP contribution in [0.15, 0.2) is 36.4 Å². The van der Waals surface area contributed by atoms with Crippen molar-refractivity contribution in [1.82, 2.24) is 9.99 Å². The van der Waals surface area contributed by atoms with Gasteiger partial charge in [-0.15, -0.1) is 0 Å². The van der Waals surface area contributed by atoms with Crippen molar-refractivity contribution >= 4 is 17.9 Å². The van der Waals surface area contributed by atoms with Crippen LogP contribution in [0.25, 0.3) is 0 Å². The zero-order chi connectivity index (χ0) is 19.1. The molecule has 26 heavy (non-hydrogen) atoms. The van der Waals surface area contributed by atoms with Gasteiger partial charge in [-0.2, -0.15) is 0 Å². The highest BCUT2D eigenvalue weighted by Gasteiger charge is 2.11. The van der Waals surface area contributed by atoms with Gasteiger partial charge in [0.15, 0.2) is 6.61 Å². The maximum atomic E-state index is 12.3. The molecule has 0 aliphatic carbocycles. The smallest absolute Gasteiger partial charge is 0.413 e. The van der Waals surface area contributed by atoms with Gasteiger partial charge in [0.1, 0.15) is 5.75 Å². The zero-order valence-electron chi connectivity index (χ0n) is 14.9. The Hall–Kier alpha value is -3.29. The zero-order valence-corrected chi connectivity index (χ0v) is 14.9. The molecule has 138 valence electrons. The van der Waals surface area contributed by atoms with Gasteiger partial charge in [-0.3, -0.25) is 25.0 Å². The summed E-state index contributed by atoms with van der Waals surface area (Å²) >= 11 is 0. The maximum Gasteiger partial charge on any atom is 0.413 e. The Balaban J connectivity index is 1.88. The van der Waals surface area contributed by atoms with Gasteiger partial charge in [0.2, 0.25) is 0 Å². The van der Waals surface area contributed by atoms with Gasteiger partial charge in [0, 0.05) is 17.0 Å². The molecule has 1 heterocycles. The predicted octanol–water partition coefficient (Wildman–Crippen LogP) is 2.14. The van der Waals surface area contributed by atoms with Crippen LogP contribution in [-0.2, 0) is 9.53 Å². The molecule has 0 fully saturated rings. The minimum atomic E-state index is -0.816. The second-order valence-corrected chi connectivity index (χ2v) is 5.47. The molecule has 0 spiro atoms. The molecule has 2 aromatic rings. The van der Waals surface area contributed by atoms with E-state index in [0.29, 0.717) is 11.3 Å². The number of hydrogen-bond acceptors (Lipinski definition) is 5. The third kappa shape index (κ3) is 5.10. The van der Waals surface area contributed by atoms with Crippen LogP contribution < -0.4 is 15.5 Å². The highest BCUT2D eigenvalue weighted by molar-refractivity contribution is 6.00. The molecule has 0 saturated carbocycles. The van der Waals surface area contributed by atoms with Crippen LogP contribution in [0.4, 0.5) is 4.79 Å². The van der Waals surface area contributed by atoms with E-state index in [9.17, 15) is 14.4 Å². The molecule has 8 heteroatoms. The monoisotopic (exact) mass is 359 g/mol. The molecule has 0 aliphatic heterocycles. The van der Waals surface area contributed by atoms with Gasteiger partial charge in [-0.05, 0) is 57.2 Å². The van der Waals surface area contributed by atoms with Crippen LogP contribution >= 0.6 is 0 Å². The van der Waals surface area contributed by atoms with E-state index in [-0.39, 0.29) is 19.1 Å². The van der Waals surface area contributed by atoms with Gasteiger partial charge in [0.25, 0.3) is 11.8 Å². The molecule has 8 nitrogen and oxygen atoms in total. The number of nitrogens with zero attached hydrogens (tertiary/aromatic N) is 1. The number of rotatable bonds is 6. The van der Waals surface area contributed by atoms with Crippen molar-refractivity contribution in [3.05, 3.63) is 53.3 Å². The fourth-order valence-electron chi connectivity index (χ4n) is 2.18. The maximum absolute atomic E-state index is 12.3. The molecule has 0 saturated heterocycles. The summed E-state index contributed by atoms with van der Waals surface area (Å²) in [5.41, 5.74) is 5.08. The fraction of sp³-hybridized carbons (Fsp3) is 0.278. The molecule has 2 rings (SSSR count). The van der Waals surface area contributed by atoms with Crippen LogP contribution in [0.5, 0.6) is 5.75 Å². The van der Waals surface area contributed by atoms with E-state index in [0.717, 1.165) is 11.4 Å². The van der Waals surface area contributed by atoms with Gasteiger partial charge >= 0.3 is 6.09 Å². The first kappa shape index (κ1) is 19.0. The lowest BCUT2D eigenvalue weighted by atomic mass is 10.2. The first-order valence-corrected chi connectivity index (χ1v) is 8.06. The topological polar surface area (TPSA) is 98.7 Å². The minimum Gasteiger partial charge on any atom is -0.484 e. The molecular formula is C18H21N3O5. The van der Waals surface area contributed by atoms with E-state index in [1.807, 2.05) is 31.3 Å². The number of imide groups is 1. The fourth-order valence-corrected chi connectivity index (χ4v) is 2.18. The molecule has 0 bridgehead atoms. The number of hydrogen-bond donors (Lipinski definition) is 2. The highest BCUT2D eigenvalue weighted by atomic mass is 16.5. The van der Waals surface area contributed by atoms with Crippen LogP contribution in [0, 0.1) is 13.8 Å². The third-order valence-corrected chi connectivity index (χ3v) is 3.49. The summed E-state index contributed by atoms with van der Waals surface area (Å²) < 4.78 is 11.6. The number of benzene rings is 1. The van der Waals surface area contributed by atoms with Crippen molar-refractivity contribution in [1.29, 1.82) is 0 Å². The molecular weight excluding hydrogens is 338 g/mol. The van der Waals surface area contributed by atoms with E-state index in [4.69, 9.17) is 4.74 Å². The van der Waals surface area contributed by atoms with E-state index >= 15 is 0 Å². The summed E-state index contributed by atoms with van der Waals surface area (Å²) in [6.45, 7) is 5.26. The largest absolute Gasteiger partial charge is 0.484 e. The Labute approximate surface area is 151 Å². The molecule has 0 aliphatic rings. The number of nitrogens with one attached hydrogen (secondary N) is 2. The lowest BCUT2D eigenvalue weighted by molar-refractivity contribution is -0.122. The molecule has 0 unspecified atom stereocenters. The Morgan fingerprint density at radius 3 is 2.19 bits per heavy atom. The van der Waals surface area contributed by atoms with Crippen molar-refractivity contribution in [3.63, 3.8) is 0 Å². The standard InChI is InChI=1S/C18H21N3O5/c1-4-25-18(24)19-16(22)11-26-15-9-7-14(8-10-15)17(23)20-21-12(2)5-6-13(21)3/h5-10H,4,11H2,1-3H3,(H,20,23)(H,19,22,24). The summed E-state index contributed by atoms with van der Waals surface area (Å²) in [4.78, 5) is 34.9. The van der Waals surface area contributed by atoms with E-state index < -0.39 is 12.0 Å². The van der Waals surface area contributed by atoms with Crippen LogP contribution in [-0.4, -0.2) is 35.8 Å². The number of alkyl carbamates (subject to hydrolysis) is 1. The van der Waals surface area contributed by atoms with Crippen LogP contribution in [0.1, 0.15) is 28.7 Å². The molecule has 1 aromatic carbocycles. The molecule has 0 atom stereocenters. The van der Waals surface area contributed by atoms with Crippen molar-refractivity contribution in [2.24, 2.45) is 0 Å². The second-order valence-electron chi connectivity index (χ2n) is 5.47. The Bertz CT molecular complexity index is 776. The normalized spacial score (nSPS) is 10.1. The summed E-state index contributed by atoms with van der Waals surface area (Å²) in [7, 11) is 0. The number of carbonyl (C=O) groups is 3. The van der Waals surface area contributed by atoms with E-state index in [1.54, 1.807) is 35.9 Å². The van der Waals surface area contributed by atoms with Crippen LogP contribution in [0.2, 0.25) is 0 Å². The summed E-state index contributed by atoms with van der Waals surface area (Å²) in [6.07, 6.45) is -0.816. The van der Waals surface area contributed by atoms with Crippen molar-refractivity contribution in [3.8, 4) is 5.75 Å². The van der Waals surface area contributed by atoms with Crippen molar-refractivity contribution in [2.45, 2.75) is 20.8 Å². The van der Waals surface area contributed by atoms with Gasteiger partial charge < -0.3 is 9.47 Å². The predicted molar refractivity (Wildman–Crippen MR) is 94.7 cm³/mol. The van der Waals surface area contributed by atoms with Crippen LogP contribution in [0.3, 0.4) is 0 Å². The average Bonchev–Trinajstić information content (AvgIpc) is 2.92. The summed E-state index contributed by atoms with van der Waals surface area (Å²) in [5, 5.41) is 2.02. The first-order chi connectivity index (χ1) is 12.4. The lowest BCUT2D eigenvalue weighted by Crippen LogP contribution is -2.34. The van der Waals surface area contributed by atoms with E-state index in [2.05, 4.69) is 10.2 Å². The molecule has 3 amide bonds. The second kappa shape index (κ2) is 8.70. The van der Waals surface area contributed by atoms with Gasteiger partial charge in [-0.1, -0.05) is 0 Å². The third-order valence-electron chi connectivity index (χ3n) is 3.49. The average molecular weight is 359 g/mol. The molecule has 2 N–H and O–H groups in total. The molecule has 1 aromatic heterocycles. The first-order valence-electron chi connectivity index (χ1n) is 8.06. The van der Waals surface area contributed by atoms with E-state index in [1.165, 1.54) is 0 Å². The number of carbonyl (C=O) groups excluding carboxylic acids is 3. The SMILES string of the molecule is CCOC(=O)NC(=O)COc1ccc(C(=O)Nn2c(C)ccc2C)cc1. The van der Waals surface area contributed by atoms with Gasteiger partial charge in [-0.25, -0.2) is 4.79 Å². The quantitative estimate of drug-likeness (QED) is 0.823.